The van der Waals surface area contributed by atoms with E-state index in [0.29, 0.717) is 11.7 Å². The number of hydrogen-bond donors (Lipinski definition) is 1. The molecule has 0 spiro atoms. The number of benzene rings is 2. The molecule has 0 aliphatic rings. The van der Waals surface area contributed by atoms with Gasteiger partial charge >= 0.3 is 0 Å². The molecule has 0 saturated heterocycles. The maximum absolute atomic E-state index is 9.31. The van der Waals surface area contributed by atoms with E-state index in [4.69, 9.17) is 0 Å². The molecule has 0 bridgehead atoms. The van der Waals surface area contributed by atoms with Crippen LogP contribution in [0.3, 0.4) is 0 Å². The Morgan fingerprint density at radius 3 is 2.10 bits per heavy atom. The van der Waals surface area contributed by atoms with Gasteiger partial charge in [-0.25, -0.2) is 0 Å². The van der Waals surface area contributed by atoms with Gasteiger partial charge in [-0.3, -0.25) is 0 Å². The average molecular weight is 268 g/mol. The largest absolute Gasteiger partial charge is 0.508 e. The minimum atomic E-state index is 0.335. The number of rotatable bonds is 6. The summed E-state index contributed by atoms with van der Waals surface area (Å²) in [6.45, 7) is 4.49. The minimum Gasteiger partial charge on any atom is -0.508 e. The zero-order chi connectivity index (χ0) is 14.4. The van der Waals surface area contributed by atoms with Crippen LogP contribution >= 0.6 is 0 Å². The van der Waals surface area contributed by atoms with Gasteiger partial charge < -0.3 is 5.11 Å². The number of aryl methyl sites for hydroxylation is 1. The molecule has 0 aliphatic heterocycles. The monoisotopic (exact) mass is 268 g/mol. The third-order valence-electron chi connectivity index (χ3n) is 3.85. The topological polar surface area (TPSA) is 20.2 Å². The van der Waals surface area contributed by atoms with Crippen molar-refractivity contribution >= 4 is 0 Å². The summed E-state index contributed by atoms with van der Waals surface area (Å²) in [7, 11) is 0. The molecule has 0 radical (unpaired) electrons. The van der Waals surface area contributed by atoms with Gasteiger partial charge in [0.1, 0.15) is 5.75 Å². The maximum Gasteiger partial charge on any atom is 0.115 e. The maximum atomic E-state index is 9.31. The lowest BCUT2D eigenvalue weighted by atomic mass is 9.92. The summed E-state index contributed by atoms with van der Waals surface area (Å²) in [5.74, 6) is 0.835. The summed E-state index contributed by atoms with van der Waals surface area (Å²) in [6.07, 6.45) is 4.71. The molecular weight excluding hydrogens is 244 g/mol. The molecule has 0 aliphatic carbocycles. The summed E-state index contributed by atoms with van der Waals surface area (Å²) in [5.41, 5.74) is 4.09. The van der Waals surface area contributed by atoms with E-state index in [0.717, 1.165) is 6.42 Å². The van der Waals surface area contributed by atoms with Crippen molar-refractivity contribution in [2.24, 2.45) is 0 Å². The van der Waals surface area contributed by atoms with Gasteiger partial charge in [-0.2, -0.15) is 0 Å². The second kappa shape index (κ2) is 7.14. The second-order valence-corrected chi connectivity index (χ2v) is 5.62. The first-order valence-corrected chi connectivity index (χ1v) is 7.55. The Labute approximate surface area is 122 Å². The van der Waals surface area contributed by atoms with Crippen LogP contribution in [0.25, 0.3) is 0 Å². The lowest BCUT2D eigenvalue weighted by molar-refractivity contribution is 0.475. The Balaban J connectivity index is 1.98. The Morgan fingerprint density at radius 2 is 1.50 bits per heavy atom. The summed E-state index contributed by atoms with van der Waals surface area (Å²) >= 11 is 0. The van der Waals surface area contributed by atoms with Crippen molar-refractivity contribution < 1.29 is 5.11 Å². The molecule has 0 heterocycles. The Kier molecular flexibility index (Phi) is 5.23. The van der Waals surface area contributed by atoms with E-state index < -0.39 is 0 Å². The van der Waals surface area contributed by atoms with Gasteiger partial charge in [0.05, 0.1) is 0 Å². The molecule has 1 N–H and O–H groups in total. The lowest BCUT2D eigenvalue weighted by Crippen LogP contribution is -1.98. The predicted molar refractivity (Wildman–Crippen MR) is 85.3 cm³/mol. The number of hydrogen-bond acceptors (Lipinski definition) is 1. The highest BCUT2D eigenvalue weighted by Gasteiger charge is 2.07. The number of unbranched alkanes of at least 4 members (excludes halogenated alkanes) is 1. The average Bonchev–Trinajstić information content (AvgIpc) is 2.48. The van der Waals surface area contributed by atoms with Crippen LogP contribution in [0.2, 0.25) is 0 Å². The predicted octanol–water partition coefficient (Wildman–Crippen LogP) is 5.08. The van der Waals surface area contributed by atoms with E-state index in [9.17, 15) is 5.11 Å². The van der Waals surface area contributed by atoms with Crippen LogP contribution in [-0.2, 0) is 12.8 Å². The van der Waals surface area contributed by atoms with Crippen LogP contribution < -0.4 is 0 Å². The van der Waals surface area contributed by atoms with Crippen LogP contribution in [0, 0.1) is 0 Å². The van der Waals surface area contributed by atoms with Gasteiger partial charge in [0.15, 0.2) is 0 Å². The standard InChI is InChI=1S/C19H24O/c1-3-4-5-16-6-10-18(11-7-16)15(2)14-17-8-12-19(20)13-9-17/h6-13,15,20H,3-5,14H2,1-2H3. The van der Waals surface area contributed by atoms with E-state index >= 15 is 0 Å². The molecule has 0 amide bonds. The van der Waals surface area contributed by atoms with Crippen LogP contribution in [0.1, 0.15) is 49.3 Å². The zero-order valence-corrected chi connectivity index (χ0v) is 12.5. The molecule has 2 aromatic carbocycles. The zero-order valence-electron chi connectivity index (χ0n) is 12.5. The number of phenols is 1. The summed E-state index contributed by atoms with van der Waals surface area (Å²) in [4.78, 5) is 0. The third-order valence-corrected chi connectivity index (χ3v) is 3.85. The van der Waals surface area contributed by atoms with E-state index in [1.807, 2.05) is 12.1 Å². The van der Waals surface area contributed by atoms with Crippen LogP contribution in [-0.4, -0.2) is 5.11 Å². The normalized spacial score (nSPS) is 12.3. The van der Waals surface area contributed by atoms with Gasteiger partial charge in [-0.15, -0.1) is 0 Å². The molecule has 0 aromatic heterocycles. The fourth-order valence-corrected chi connectivity index (χ4v) is 2.50. The first-order valence-electron chi connectivity index (χ1n) is 7.55. The Bertz CT molecular complexity index is 510. The quantitative estimate of drug-likeness (QED) is 0.774. The molecule has 1 heteroatoms. The van der Waals surface area contributed by atoms with E-state index in [1.165, 1.54) is 36.0 Å². The Morgan fingerprint density at radius 1 is 0.900 bits per heavy atom. The van der Waals surface area contributed by atoms with Crippen molar-refractivity contribution in [2.45, 2.75) is 45.4 Å². The van der Waals surface area contributed by atoms with Crippen molar-refractivity contribution in [2.75, 3.05) is 0 Å². The highest BCUT2D eigenvalue weighted by atomic mass is 16.3. The summed E-state index contributed by atoms with van der Waals surface area (Å²) in [6, 6.07) is 16.6. The number of phenolic OH excluding ortho intramolecular Hbond substituents is 1. The fraction of sp³-hybridized carbons (Fsp3) is 0.368. The molecule has 20 heavy (non-hydrogen) atoms. The smallest absolute Gasteiger partial charge is 0.115 e. The molecule has 1 atom stereocenters. The van der Waals surface area contributed by atoms with Gasteiger partial charge in [0.25, 0.3) is 0 Å². The van der Waals surface area contributed by atoms with E-state index in [2.05, 4.69) is 38.1 Å². The van der Waals surface area contributed by atoms with Crippen LogP contribution in [0.5, 0.6) is 5.75 Å². The SMILES string of the molecule is CCCCc1ccc(C(C)Cc2ccc(O)cc2)cc1. The highest BCUT2D eigenvalue weighted by molar-refractivity contribution is 5.30. The number of aromatic hydroxyl groups is 1. The molecule has 0 fully saturated rings. The van der Waals surface area contributed by atoms with Crippen molar-refractivity contribution in [3.63, 3.8) is 0 Å². The fourth-order valence-electron chi connectivity index (χ4n) is 2.50. The molecule has 106 valence electrons. The van der Waals surface area contributed by atoms with Crippen LogP contribution in [0.15, 0.2) is 48.5 Å². The molecule has 1 nitrogen and oxygen atoms in total. The third kappa shape index (κ3) is 4.12. The van der Waals surface area contributed by atoms with Gasteiger partial charge in [0.2, 0.25) is 0 Å². The van der Waals surface area contributed by atoms with Crippen molar-refractivity contribution in [1.82, 2.24) is 0 Å². The first kappa shape index (κ1) is 14.6. The Hall–Kier alpha value is -1.76. The van der Waals surface area contributed by atoms with Gasteiger partial charge in [0, 0.05) is 0 Å². The molecule has 1 unspecified atom stereocenters. The van der Waals surface area contributed by atoms with Crippen molar-refractivity contribution in [1.29, 1.82) is 0 Å². The van der Waals surface area contributed by atoms with E-state index in [-0.39, 0.29) is 0 Å². The summed E-state index contributed by atoms with van der Waals surface area (Å²) < 4.78 is 0. The summed E-state index contributed by atoms with van der Waals surface area (Å²) in [5, 5.41) is 9.31. The highest BCUT2D eigenvalue weighted by Crippen LogP contribution is 2.22. The molecule has 2 rings (SSSR count). The van der Waals surface area contributed by atoms with Gasteiger partial charge in [-0.05, 0) is 54.0 Å². The second-order valence-electron chi connectivity index (χ2n) is 5.62. The molecular formula is C19H24O. The molecule has 0 saturated carbocycles. The minimum absolute atomic E-state index is 0.335. The molecule has 2 aromatic rings. The van der Waals surface area contributed by atoms with Crippen molar-refractivity contribution in [3.8, 4) is 5.75 Å². The van der Waals surface area contributed by atoms with E-state index in [1.54, 1.807) is 12.1 Å². The van der Waals surface area contributed by atoms with Crippen molar-refractivity contribution in [3.05, 3.63) is 65.2 Å². The van der Waals surface area contributed by atoms with Gasteiger partial charge in [-0.1, -0.05) is 56.7 Å². The lowest BCUT2D eigenvalue weighted by Gasteiger charge is -2.13. The first-order chi connectivity index (χ1) is 9.69. The van der Waals surface area contributed by atoms with Crippen LogP contribution in [0.4, 0.5) is 0 Å².